The van der Waals surface area contributed by atoms with Gasteiger partial charge >= 0.3 is 14.2 Å². The maximum absolute atomic E-state index is 10.0. The predicted octanol–water partition coefficient (Wildman–Crippen LogP) is -1.68. The van der Waals surface area contributed by atoms with E-state index in [-0.39, 0.29) is 6.02 Å². The van der Waals surface area contributed by atoms with Crippen molar-refractivity contribution in [3.05, 3.63) is 0 Å². The lowest BCUT2D eigenvalue weighted by atomic mass is 11.2. The summed E-state index contributed by atoms with van der Waals surface area (Å²) in [5, 5.41) is 9.85. The Kier molecular flexibility index (Phi) is 1.78. The second-order valence-corrected chi connectivity index (χ2v) is 1.82. The largest absolute Gasteiger partial charge is 0.576 e. The van der Waals surface area contributed by atoms with Crippen LogP contribution < -0.4 is 21.4 Å². The maximum atomic E-state index is 10.0. The van der Waals surface area contributed by atoms with E-state index in [1.54, 1.807) is 0 Å². The average molecular weight is 149 g/mol. The van der Waals surface area contributed by atoms with Crippen molar-refractivity contribution in [1.82, 2.24) is 16.5 Å². The molecule has 7 nitrogen and oxygen atoms in total. The van der Waals surface area contributed by atoms with E-state index >= 15 is 0 Å². The second kappa shape index (κ2) is 2.58. The molecule has 0 bridgehead atoms. The molecule has 0 spiro atoms. The number of hydrazine groups is 2. The molecule has 0 aromatic heterocycles. The number of amidine groups is 1. The van der Waals surface area contributed by atoms with Crippen LogP contribution in [-0.2, 0) is 4.52 Å². The van der Waals surface area contributed by atoms with Crippen molar-refractivity contribution in [3.63, 3.8) is 0 Å². The number of hydrazone groups is 1. The fourth-order valence-electron chi connectivity index (χ4n) is 0.310. The van der Waals surface area contributed by atoms with Crippen LogP contribution in [-0.4, -0.2) is 6.02 Å². The third-order valence-electron chi connectivity index (χ3n) is 0.552. The maximum Gasteiger partial charge on any atom is 0.396 e. The summed E-state index contributed by atoms with van der Waals surface area (Å²) < 4.78 is 4.30. The Morgan fingerprint density at radius 2 is 2.56 bits per heavy atom. The number of rotatable bonds is 1. The molecule has 0 aromatic carbocycles. The topological polar surface area (TPSA) is 105 Å². The summed E-state index contributed by atoms with van der Waals surface area (Å²) in [7, 11) is -2.38. The van der Waals surface area contributed by atoms with Crippen LogP contribution in [0.4, 0.5) is 0 Å². The minimum atomic E-state index is -2.38. The van der Waals surface area contributed by atoms with Gasteiger partial charge in [-0.25, -0.2) is 10.1 Å². The lowest BCUT2D eigenvalue weighted by molar-refractivity contribution is -0.170. The van der Waals surface area contributed by atoms with Gasteiger partial charge in [0.05, 0.1) is 0 Å². The number of nitrogens with zero attached hydrogens (tertiary/aromatic N) is 1. The fraction of sp³-hybridized carbons (Fsp3) is 0. The number of hydrogen-bond donors (Lipinski definition) is 4. The molecule has 1 aliphatic heterocycles. The minimum absolute atomic E-state index is 0.00566. The first-order chi connectivity index (χ1) is 4.29. The Morgan fingerprint density at radius 1 is 1.78 bits per heavy atom. The Hall–Kier alpha value is -0.910. The van der Waals surface area contributed by atoms with Gasteiger partial charge in [-0.1, -0.05) is 5.16 Å². The van der Waals surface area contributed by atoms with Crippen LogP contribution in [0.1, 0.15) is 0 Å². The van der Waals surface area contributed by atoms with Gasteiger partial charge < -0.3 is 4.89 Å². The van der Waals surface area contributed by atoms with Crippen LogP contribution in [0, 0.1) is 5.16 Å². The molecule has 1 heterocycles. The van der Waals surface area contributed by atoms with Gasteiger partial charge in [-0.15, -0.1) is 10.6 Å². The standard InChI is InChI=1S/CH4N5O2P/c2-9(7)8-1-3-5-6-4-1/h2,5-6H,(H,3,4). The lowest BCUT2D eigenvalue weighted by Gasteiger charge is -1.92. The highest BCUT2D eigenvalue weighted by Gasteiger charge is 2.10. The molecule has 0 amide bonds. The molecule has 4 N–H and O–H groups in total. The Balaban J connectivity index is 2.35. The molecule has 9 heavy (non-hydrogen) atoms. The average Bonchev–Trinajstić information content (AvgIpc) is 2.15. The van der Waals surface area contributed by atoms with Gasteiger partial charge in [0.1, 0.15) is 0 Å². The van der Waals surface area contributed by atoms with E-state index in [0.717, 1.165) is 0 Å². The van der Waals surface area contributed by atoms with E-state index in [0.29, 0.717) is 0 Å². The summed E-state index contributed by atoms with van der Waals surface area (Å²) in [5.41, 5.74) is 6.96. The van der Waals surface area contributed by atoms with Gasteiger partial charge in [-0.05, 0) is 0 Å². The van der Waals surface area contributed by atoms with Gasteiger partial charge in [0.15, 0.2) is 0 Å². The van der Waals surface area contributed by atoms with Crippen LogP contribution in [0.5, 0.6) is 0 Å². The van der Waals surface area contributed by atoms with E-state index in [1.807, 2.05) is 0 Å². The minimum Gasteiger partial charge on any atom is -0.576 e. The summed E-state index contributed by atoms with van der Waals surface area (Å²) in [6, 6.07) is 0.00566. The molecular formula is CH4N5O2P. The van der Waals surface area contributed by atoms with E-state index in [1.165, 1.54) is 0 Å². The normalized spacial score (nSPS) is 17.4. The Morgan fingerprint density at radius 3 is 3.00 bits per heavy atom. The molecular weight excluding hydrogens is 145 g/mol. The quantitative estimate of drug-likeness (QED) is 0.333. The summed E-state index contributed by atoms with van der Waals surface area (Å²) in [6.45, 7) is 0. The first-order valence-electron chi connectivity index (χ1n) is 1.99. The Bertz CT molecular complexity index is 155. The van der Waals surface area contributed by atoms with E-state index < -0.39 is 8.17 Å². The third kappa shape index (κ3) is 1.80. The first kappa shape index (κ1) is 6.21. The number of nitrogens with one attached hydrogen (secondary N) is 4. The molecule has 1 atom stereocenters. The summed E-state index contributed by atoms with van der Waals surface area (Å²) in [5.74, 6) is 0. The van der Waals surface area contributed by atoms with Gasteiger partial charge in [-0.2, -0.15) is 0 Å². The highest BCUT2D eigenvalue weighted by atomic mass is 31.1. The van der Waals surface area contributed by atoms with Crippen LogP contribution in [0.2, 0.25) is 0 Å². The molecule has 0 fully saturated rings. The van der Waals surface area contributed by atoms with Gasteiger partial charge in [0.25, 0.3) is 0 Å². The summed E-state index contributed by atoms with van der Waals surface area (Å²) >= 11 is 0. The van der Waals surface area contributed by atoms with Crippen LogP contribution >= 0.6 is 8.17 Å². The highest BCUT2D eigenvalue weighted by molar-refractivity contribution is 7.32. The molecule has 50 valence electrons. The summed E-state index contributed by atoms with van der Waals surface area (Å²) in [6.07, 6.45) is 0. The monoisotopic (exact) mass is 149 g/mol. The SMILES string of the molecule is N=[P+]([O-])OC1=NNNN1. The van der Waals surface area contributed by atoms with Crippen molar-refractivity contribution in [2.45, 2.75) is 0 Å². The van der Waals surface area contributed by atoms with Crippen molar-refractivity contribution in [2.75, 3.05) is 0 Å². The van der Waals surface area contributed by atoms with E-state index in [2.05, 4.69) is 26.1 Å². The van der Waals surface area contributed by atoms with Crippen molar-refractivity contribution in [1.29, 1.82) is 5.16 Å². The molecule has 8 heteroatoms. The lowest BCUT2D eigenvalue weighted by Crippen LogP contribution is -2.35. The first-order valence-corrected chi connectivity index (χ1v) is 3.17. The molecule has 0 saturated carbocycles. The summed E-state index contributed by atoms with van der Waals surface area (Å²) in [4.78, 5) is 10.0. The zero-order chi connectivity index (χ0) is 6.69. The van der Waals surface area contributed by atoms with E-state index in [9.17, 15) is 4.89 Å². The fourth-order valence-corrected chi connectivity index (χ4v) is 0.553. The molecule has 1 rings (SSSR count). The smallest absolute Gasteiger partial charge is 0.396 e. The molecule has 0 saturated heterocycles. The second-order valence-electron chi connectivity index (χ2n) is 1.13. The van der Waals surface area contributed by atoms with Crippen molar-refractivity contribution >= 4 is 14.2 Å². The molecule has 0 aromatic rings. The van der Waals surface area contributed by atoms with Crippen LogP contribution in [0.15, 0.2) is 5.10 Å². The van der Waals surface area contributed by atoms with Crippen LogP contribution in [0.25, 0.3) is 0 Å². The van der Waals surface area contributed by atoms with Crippen LogP contribution in [0.3, 0.4) is 0 Å². The molecule has 0 aliphatic carbocycles. The van der Waals surface area contributed by atoms with Gasteiger partial charge in [0, 0.05) is 0 Å². The van der Waals surface area contributed by atoms with Crippen molar-refractivity contribution in [2.24, 2.45) is 5.10 Å². The van der Waals surface area contributed by atoms with Gasteiger partial charge in [0.2, 0.25) is 0 Å². The third-order valence-corrected chi connectivity index (χ3v) is 0.891. The molecule has 0 radical (unpaired) electrons. The zero-order valence-electron chi connectivity index (χ0n) is 4.21. The molecule has 1 aliphatic rings. The number of hydrogen-bond acceptors (Lipinski definition) is 7. The van der Waals surface area contributed by atoms with Crippen molar-refractivity contribution in [3.8, 4) is 0 Å². The van der Waals surface area contributed by atoms with Crippen molar-refractivity contribution < 1.29 is 9.42 Å². The zero-order valence-corrected chi connectivity index (χ0v) is 5.11. The van der Waals surface area contributed by atoms with E-state index in [4.69, 9.17) is 5.16 Å². The Labute approximate surface area is 51.5 Å². The molecule has 1 unspecified atom stereocenters. The highest BCUT2D eigenvalue weighted by Crippen LogP contribution is 2.09. The predicted molar refractivity (Wildman–Crippen MR) is 27.6 cm³/mol. The van der Waals surface area contributed by atoms with Gasteiger partial charge in [-0.3, -0.25) is 5.43 Å².